The second-order valence-corrected chi connectivity index (χ2v) is 12.6. The largest absolute Gasteiger partial charge is 0.489 e. The Balaban J connectivity index is 1.58. The van der Waals surface area contributed by atoms with Gasteiger partial charge in [0.25, 0.3) is 0 Å². The number of hydrogen-bond donors (Lipinski definition) is 3. The number of ether oxygens (including phenoxy) is 1. The second-order valence-electron chi connectivity index (χ2n) is 10.1. The molecule has 0 fully saturated rings. The average Bonchev–Trinajstić information content (AvgIpc) is 3.54. The van der Waals surface area contributed by atoms with Crippen molar-refractivity contribution < 1.29 is 17.7 Å². The third-order valence-corrected chi connectivity index (χ3v) is 8.52. The van der Waals surface area contributed by atoms with Gasteiger partial charge in [0.2, 0.25) is 5.95 Å². The standard InChI is InChI=1S/C29H32N6O4S/c1-16(2)38-25-13-18(5)21(24-14-19(6)35-39-24)15-23(25)32-29-33-27-20(11-12-30-27)28(34-29)31-22-9-7-8-10-26(22)40(36,37)17(3)4/h7-17H,1-6H3,(H3,30,31,32,33,34). The fourth-order valence-corrected chi connectivity index (χ4v) is 5.50. The Kier molecular flexibility index (Phi) is 7.24. The number of aromatic amines is 1. The summed E-state index contributed by atoms with van der Waals surface area (Å²) in [6.07, 6.45) is 1.69. The Labute approximate surface area is 233 Å². The summed E-state index contributed by atoms with van der Waals surface area (Å²) in [6, 6.07) is 14.4. The Hall–Kier alpha value is -4.38. The van der Waals surface area contributed by atoms with Crippen LogP contribution in [0.4, 0.5) is 23.1 Å². The summed E-state index contributed by atoms with van der Waals surface area (Å²) in [7, 11) is -3.54. The normalized spacial score (nSPS) is 11.9. The van der Waals surface area contributed by atoms with Gasteiger partial charge in [-0.1, -0.05) is 17.3 Å². The smallest absolute Gasteiger partial charge is 0.231 e. The summed E-state index contributed by atoms with van der Waals surface area (Å²) >= 11 is 0. The molecule has 0 aliphatic rings. The van der Waals surface area contributed by atoms with Crippen LogP contribution in [0.15, 0.2) is 64.1 Å². The van der Waals surface area contributed by atoms with Gasteiger partial charge in [-0.15, -0.1) is 0 Å². The first-order valence-electron chi connectivity index (χ1n) is 13.0. The molecule has 0 saturated heterocycles. The zero-order chi connectivity index (χ0) is 28.6. The molecule has 0 spiro atoms. The Morgan fingerprint density at radius 2 is 1.73 bits per heavy atom. The molecule has 2 aromatic carbocycles. The summed E-state index contributed by atoms with van der Waals surface area (Å²) in [5.41, 5.74) is 4.25. The van der Waals surface area contributed by atoms with E-state index >= 15 is 0 Å². The Bertz CT molecular complexity index is 1790. The van der Waals surface area contributed by atoms with Crippen LogP contribution in [0.3, 0.4) is 0 Å². The molecule has 11 heteroatoms. The number of nitrogens with one attached hydrogen (secondary N) is 3. The molecule has 5 rings (SSSR count). The van der Waals surface area contributed by atoms with Gasteiger partial charge in [-0.2, -0.15) is 9.97 Å². The summed E-state index contributed by atoms with van der Waals surface area (Å²) in [5, 5.41) is 10.7. The highest BCUT2D eigenvalue weighted by molar-refractivity contribution is 7.92. The first kappa shape index (κ1) is 27.2. The number of aryl methyl sites for hydroxylation is 2. The lowest BCUT2D eigenvalue weighted by molar-refractivity contribution is 0.243. The van der Waals surface area contributed by atoms with Crippen LogP contribution in [0.5, 0.6) is 5.75 Å². The number of fused-ring (bicyclic) bond motifs is 1. The maximum atomic E-state index is 13.1. The van der Waals surface area contributed by atoms with Crippen molar-refractivity contribution in [3.8, 4) is 17.1 Å². The van der Waals surface area contributed by atoms with Crippen LogP contribution < -0.4 is 15.4 Å². The highest BCUT2D eigenvalue weighted by Crippen LogP contribution is 2.37. The van der Waals surface area contributed by atoms with E-state index in [4.69, 9.17) is 14.2 Å². The molecule has 3 aromatic heterocycles. The molecule has 0 bridgehead atoms. The Morgan fingerprint density at radius 3 is 2.42 bits per heavy atom. The average molecular weight is 561 g/mol. The molecule has 0 atom stereocenters. The van der Waals surface area contributed by atoms with Gasteiger partial charge in [0.05, 0.1) is 38.7 Å². The van der Waals surface area contributed by atoms with E-state index in [-0.39, 0.29) is 11.0 Å². The van der Waals surface area contributed by atoms with E-state index in [2.05, 4.69) is 25.8 Å². The molecule has 0 radical (unpaired) electrons. The zero-order valence-corrected chi connectivity index (χ0v) is 24.1. The lowest BCUT2D eigenvalue weighted by Gasteiger charge is -2.18. The molecule has 10 nitrogen and oxygen atoms in total. The predicted octanol–water partition coefficient (Wildman–Crippen LogP) is 6.69. The first-order valence-corrected chi connectivity index (χ1v) is 14.5. The number of aromatic nitrogens is 4. The van der Waals surface area contributed by atoms with Crippen LogP contribution in [0, 0.1) is 13.8 Å². The summed E-state index contributed by atoms with van der Waals surface area (Å²) in [4.78, 5) is 12.7. The summed E-state index contributed by atoms with van der Waals surface area (Å²) < 4.78 is 37.7. The fourth-order valence-electron chi connectivity index (χ4n) is 4.30. The van der Waals surface area contributed by atoms with Crippen LogP contribution >= 0.6 is 0 Å². The molecule has 0 unspecified atom stereocenters. The third-order valence-electron chi connectivity index (χ3n) is 6.31. The molecule has 0 saturated carbocycles. The lowest BCUT2D eigenvalue weighted by Crippen LogP contribution is -2.15. The van der Waals surface area contributed by atoms with Gasteiger partial charge >= 0.3 is 0 Å². The van der Waals surface area contributed by atoms with Crippen molar-refractivity contribution in [2.45, 2.75) is 57.8 Å². The van der Waals surface area contributed by atoms with Crippen molar-refractivity contribution in [2.75, 3.05) is 10.6 Å². The number of rotatable bonds is 9. The van der Waals surface area contributed by atoms with Crippen molar-refractivity contribution >= 4 is 44.0 Å². The van der Waals surface area contributed by atoms with Gasteiger partial charge in [-0.05, 0) is 77.4 Å². The van der Waals surface area contributed by atoms with Crippen LogP contribution in [-0.4, -0.2) is 39.9 Å². The number of para-hydroxylation sites is 1. The third kappa shape index (κ3) is 5.37. The van der Waals surface area contributed by atoms with E-state index in [0.29, 0.717) is 45.7 Å². The number of anilines is 4. The molecular formula is C29H32N6O4S. The van der Waals surface area contributed by atoms with Gasteiger partial charge in [-0.25, -0.2) is 8.42 Å². The highest BCUT2D eigenvalue weighted by Gasteiger charge is 2.23. The monoisotopic (exact) mass is 560 g/mol. The SMILES string of the molecule is Cc1cc(-c2cc(Nc3nc(Nc4ccccc4S(=O)(=O)C(C)C)c4cc[nH]c4n3)c(OC(C)C)cc2C)on1. The van der Waals surface area contributed by atoms with E-state index in [1.54, 1.807) is 44.3 Å². The van der Waals surface area contributed by atoms with Crippen LogP contribution in [-0.2, 0) is 9.84 Å². The van der Waals surface area contributed by atoms with E-state index in [1.807, 2.05) is 52.0 Å². The minimum Gasteiger partial charge on any atom is -0.489 e. The maximum absolute atomic E-state index is 13.1. The predicted molar refractivity (Wildman–Crippen MR) is 156 cm³/mol. The molecule has 3 heterocycles. The molecule has 0 aliphatic carbocycles. The van der Waals surface area contributed by atoms with Crippen molar-refractivity contribution in [1.29, 1.82) is 0 Å². The number of benzene rings is 2. The quantitative estimate of drug-likeness (QED) is 0.180. The van der Waals surface area contributed by atoms with Gasteiger partial charge in [0.1, 0.15) is 17.2 Å². The molecule has 40 heavy (non-hydrogen) atoms. The van der Waals surface area contributed by atoms with Crippen molar-refractivity contribution in [3.63, 3.8) is 0 Å². The molecule has 0 amide bonds. The van der Waals surface area contributed by atoms with Crippen LogP contribution in [0.25, 0.3) is 22.4 Å². The van der Waals surface area contributed by atoms with Crippen molar-refractivity contribution in [3.05, 3.63) is 66.0 Å². The van der Waals surface area contributed by atoms with E-state index in [0.717, 1.165) is 16.8 Å². The highest BCUT2D eigenvalue weighted by atomic mass is 32.2. The molecule has 208 valence electrons. The number of hydrogen-bond acceptors (Lipinski definition) is 9. The van der Waals surface area contributed by atoms with E-state index in [1.165, 1.54) is 0 Å². The molecule has 5 aromatic rings. The van der Waals surface area contributed by atoms with Gasteiger partial charge in [-0.3, -0.25) is 0 Å². The van der Waals surface area contributed by atoms with Crippen molar-refractivity contribution in [1.82, 2.24) is 20.1 Å². The topological polar surface area (TPSA) is 135 Å². The first-order chi connectivity index (χ1) is 19.0. The van der Waals surface area contributed by atoms with Crippen molar-refractivity contribution in [2.24, 2.45) is 0 Å². The zero-order valence-electron chi connectivity index (χ0n) is 23.2. The number of sulfone groups is 1. The van der Waals surface area contributed by atoms with Gasteiger partial charge in [0, 0.05) is 17.8 Å². The Morgan fingerprint density at radius 1 is 0.950 bits per heavy atom. The molecular weight excluding hydrogens is 528 g/mol. The van der Waals surface area contributed by atoms with Gasteiger partial charge in [0.15, 0.2) is 15.6 Å². The lowest BCUT2D eigenvalue weighted by atomic mass is 10.0. The fraction of sp³-hybridized carbons (Fsp3) is 0.276. The van der Waals surface area contributed by atoms with Crippen LogP contribution in [0.1, 0.15) is 39.0 Å². The van der Waals surface area contributed by atoms with Crippen LogP contribution in [0.2, 0.25) is 0 Å². The van der Waals surface area contributed by atoms with E-state index in [9.17, 15) is 8.42 Å². The number of nitrogens with zero attached hydrogens (tertiary/aromatic N) is 3. The minimum absolute atomic E-state index is 0.0678. The van der Waals surface area contributed by atoms with Gasteiger partial charge < -0.3 is 24.9 Å². The molecule has 3 N–H and O–H groups in total. The summed E-state index contributed by atoms with van der Waals surface area (Å²) in [5.74, 6) is 2.01. The second kappa shape index (κ2) is 10.6. The van der Waals surface area contributed by atoms with E-state index < -0.39 is 15.1 Å². The number of H-pyrrole nitrogens is 1. The maximum Gasteiger partial charge on any atom is 0.231 e. The molecule has 0 aliphatic heterocycles. The minimum atomic E-state index is -3.54. The summed E-state index contributed by atoms with van der Waals surface area (Å²) in [6.45, 7) is 11.1.